The van der Waals surface area contributed by atoms with E-state index in [4.69, 9.17) is 5.73 Å². The first-order valence-corrected chi connectivity index (χ1v) is 6.66. The number of carbonyl (C=O) groups is 1. The van der Waals surface area contributed by atoms with Crippen LogP contribution in [0.4, 0.5) is 11.4 Å². The van der Waals surface area contributed by atoms with Crippen molar-refractivity contribution in [3.05, 3.63) is 22.7 Å². The topological polar surface area (TPSA) is 72.2 Å². The Kier molecular flexibility index (Phi) is 4.28. The van der Waals surface area contributed by atoms with Crippen LogP contribution in [0.5, 0.6) is 0 Å². The van der Waals surface area contributed by atoms with Crippen LogP contribution in [0.1, 0.15) is 0 Å². The number of nitrogens with one attached hydrogen (secondary N) is 1. The molecule has 1 aromatic carbocycles. The molecule has 0 bridgehead atoms. The molecule has 1 rings (SSSR count). The number of nitrogens with two attached hydrogens (primary N) is 1. The van der Waals surface area contributed by atoms with Gasteiger partial charge in [0.05, 0.1) is 5.69 Å². The molecule has 82 valence electrons. The summed E-state index contributed by atoms with van der Waals surface area (Å²) < 4.78 is 11.5. The van der Waals surface area contributed by atoms with Crippen LogP contribution in [-0.4, -0.2) is 22.1 Å². The third kappa shape index (κ3) is 4.01. The Morgan fingerprint density at radius 2 is 2.27 bits per heavy atom. The molecule has 1 aromatic rings. The zero-order valence-corrected chi connectivity index (χ0v) is 10.5. The largest absolute Gasteiger partial charge is 0.399 e. The van der Waals surface area contributed by atoms with E-state index in [9.17, 15) is 9.00 Å². The molecule has 0 saturated carbocycles. The first-order chi connectivity index (χ1) is 6.99. The van der Waals surface area contributed by atoms with Crippen LogP contribution in [0.3, 0.4) is 0 Å². The number of benzene rings is 1. The van der Waals surface area contributed by atoms with Crippen molar-refractivity contribution < 1.29 is 9.00 Å². The first-order valence-electron chi connectivity index (χ1n) is 4.14. The highest BCUT2D eigenvalue weighted by Crippen LogP contribution is 2.24. The number of hydrogen-bond acceptors (Lipinski definition) is 3. The van der Waals surface area contributed by atoms with Gasteiger partial charge in [-0.05, 0) is 34.1 Å². The van der Waals surface area contributed by atoms with Gasteiger partial charge in [-0.3, -0.25) is 9.00 Å². The van der Waals surface area contributed by atoms with Crippen LogP contribution in [0.2, 0.25) is 0 Å². The summed E-state index contributed by atoms with van der Waals surface area (Å²) in [6.45, 7) is 0. The van der Waals surface area contributed by atoms with Gasteiger partial charge in [-0.1, -0.05) is 0 Å². The van der Waals surface area contributed by atoms with E-state index < -0.39 is 10.8 Å². The molecule has 0 aliphatic heterocycles. The summed E-state index contributed by atoms with van der Waals surface area (Å²) >= 11 is 3.27. The summed E-state index contributed by atoms with van der Waals surface area (Å²) in [5.41, 5.74) is 6.78. The number of hydrogen-bond donors (Lipinski definition) is 2. The number of halogens is 1. The molecule has 1 amide bonds. The predicted octanol–water partition coefficient (Wildman–Crippen LogP) is 1.35. The lowest BCUT2D eigenvalue weighted by Crippen LogP contribution is -2.19. The second-order valence-corrected chi connectivity index (χ2v) is 5.29. The van der Waals surface area contributed by atoms with E-state index in [0.717, 1.165) is 0 Å². The molecule has 3 N–H and O–H groups in total. The Hall–Kier alpha value is -0.880. The SMILES string of the molecule is CS(=O)CC(=O)Nc1ccc(N)cc1Br. The monoisotopic (exact) mass is 290 g/mol. The smallest absolute Gasteiger partial charge is 0.237 e. The van der Waals surface area contributed by atoms with E-state index in [1.54, 1.807) is 18.2 Å². The van der Waals surface area contributed by atoms with Gasteiger partial charge in [-0.25, -0.2) is 0 Å². The summed E-state index contributed by atoms with van der Waals surface area (Å²) in [6.07, 6.45) is 1.48. The fourth-order valence-corrected chi connectivity index (χ4v) is 1.94. The molecule has 0 aliphatic carbocycles. The fourth-order valence-electron chi connectivity index (χ4n) is 1.00. The Labute approximate surface area is 98.8 Å². The highest BCUT2D eigenvalue weighted by molar-refractivity contribution is 9.10. The predicted molar refractivity (Wildman–Crippen MR) is 66.1 cm³/mol. The molecule has 15 heavy (non-hydrogen) atoms. The van der Waals surface area contributed by atoms with Gasteiger partial charge in [0.2, 0.25) is 5.91 Å². The van der Waals surface area contributed by atoms with Gasteiger partial charge in [0.25, 0.3) is 0 Å². The average Bonchev–Trinajstić information content (AvgIpc) is 2.08. The molecule has 1 atom stereocenters. The Balaban J connectivity index is 2.72. The Bertz CT molecular complexity index is 409. The normalized spacial score (nSPS) is 12.1. The molecule has 1 unspecified atom stereocenters. The van der Waals surface area contributed by atoms with Gasteiger partial charge in [0, 0.05) is 27.2 Å². The van der Waals surface area contributed by atoms with E-state index in [2.05, 4.69) is 21.2 Å². The lowest BCUT2D eigenvalue weighted by molar-refractivity contribution is -0.113. The van der Waals surface area contributed by atoms with Gasteiger partial charge < -0.3 is 11.1 Å². The summed E-state index contributed by atoms with van der Waals surface area (Å²) in [6, 6.07) is 5.07. The highest BCUT2D eigenvalue weighted by Gasteiger charge is 2.07. The van der Waals surface area contributed by atoms with Crippen LogP contribution in [0.25, 0.3) is 0 Å². The lowest BCUT2D eigenvalue weighted by Gasteiger charge is -2.06. The van der Waals surface area contributed by atoms with E-state index in [1.165, 1.54) is 6.26 Å². The number of carbonyl (C=O) groups excluding carboxylic acids is 1. The second kappa shape index (κ2) is 5.27. The summed E-state index contributed by atoms with van der Waals surface area (Å²) in [4.78, 5) is 11.3. The minimum Gasteiger partial charge on any atom is -0.399 e. The molecule has 0 aliphatic rings. The van der Waals surface area contributed by atoms with Crippen LogP contribution in [0.15, 0.2) is 22.7 Å². The van der Waals surface area contributed by atoms with Crippen molar-refractivity contribution in [2.75, 3.05) is 23.1 Å². The lowest BCUT2D eigenvalue weighted by atomic mass is 10.3. The molecular formula is C9H11BrN2O2S. The highest BCUT2D eigenvalue weighted by atomic mass is 79.9. The second-order valence-electron chi connectivity index (χ2n) is 3.00. The molecular weight excluding hydrogens is 280 g/mol. The minimum absolute atomic E-state index is 0.00316. The van der Waals surface area contributed by atoms with Crippen LogP contribution >= 0.6 is 15.9 Å². The molecule has 0 saturated heterocycles. The third-order valence-corrected chi connectivity index (χ3v) is 2.93. The molecule has 0 fully saturated rings. The molecule has 0 spiro atoms. The minimum atomic E-state index is -1.13. The van der Waals surface area contributed by atoms with E-state index in [1.807, 2.05) is 0 Å². The van der Waals surface area contributed by atoms with E-state index in [0.29, 0.717) is 15.8 Å². The van der Waals surface area contributed by atoms with Gasteiger partial charge in [-0.15, -0.1) is 0 Å². The molecule has 0 radical (unpaired) electrons. The molecule has 0 aromatic heterocycles. The van der Waals surface area contributed by atoms with Crippen molar-refractivity contribution >= 4 is 44.0 Å². The Morgan fingerprint density at radius 3 is 2.80 bits per heavy atom. The number of amides is 1. The zero-order chi connectivity index (χ0) is 11.4. The number of anilines is 2. The van der Waals surface area contributed by atoms with Gasteiger partial charge >= 0.3 is 0 Å². The quantitative estimate of drug-likeness (QED) is 0.826. The average molecular weight is 291 g/mol. The summed E-state index contributed by atoms with van der Waals surface area (Å²) in [5.74, 6) is -0.280. The maximum atomic E-state index is 11.3. The standard InChI is InChI=1S/C9H11BrN2O2S/c1-15(14)5-9(13)12-8-3-2-6(11)4-7(8)10/h2-4H,5,11H2,1H3,(H,12,13). The number of rotatable bonds is 3. The van der Waals surface area contributed by atoms with E-state index in [-0.39, 0.29) is 11.7 Å². The number of nitrogen functional groups attached to an aromatic ring is 1. The fraction of sp³-hybridized carbons (Fsp3) is 0.222. The van der Waals surface area contributed by atoms with Gasteiger partial charge in [0.1, 0.15) is 5.75 Å². The maximum Gasteiger partial charge on any atom is 0.237 e. The van der Waals surface area contributed by atoms with Crippen LogP contribution in [-0.2, 0) is 15.6 Å². The maximum absolute atomic E-state index is 11.3. The van der Waals surface area contributed by atoms with Crippen LogP contribution in [0, 0.1) is 0 Å². The van der Waals surface area contributed by atoms with Crippen molar-refractivity contribution in [3.63, 3.8) is 0 Å². The van der Waals surface area contributed by atoms with Crippen molar-refractivity contribution in [1.82, 2.24) is 0 Å². The summed E-state index contributed by atoms with van der Waals surface area (Å²) in [7, 11) is -1.13. The van der Waals surface area contributed by atoms with Crippen molar-refractivity contribution in [1.29, 1.82) is 0 Å². The van der Waals surface area contributed by atoms with E-state index >= 15 is 0 Å². The van der Waals surface area contributed by atoms with Crippen molar-refractivity contribution in [2.24, 2.45) is 0 Å². The molecule has 6 heteroatoms. The van der Waals surface area contributed by atoms with Crippen molar-refractivity contribution in [2.45, 2.75) is 0 Å². The molecule has 0 heterocycles. The van der Waals surface area contributed by atoms with Crippen molar-refractivity contribution in [3.8, 4) is 0 Å². The summed E-state index contributed by atoms with van der Waals surface area (Å²) in [5, 5.41) is 2.63. The zero-order valence-electron chi connectivity index (χ0n) is 8.12. The molecule has 4 nitrogen and oxygen atoms in total. The Morgan fingerprint density at radius 1 is 1.60 bits per heavy atom. The van der Waals surface area contributed by atoms with Gasteiger partial charge in [-0.2, -0.15) is 0 Å². The van der Waals surface area contributed by atoms with Gasteiger partial charge in [0.15, 0.2) is 0 Å². The first kappa shape index (κ1) is 12.2. The third-order valence-electron chi connectivity index (χ3n) is 1.60. The van der Waals surface area contributed by atoms with Crippen LogP contribution < -0.4 is 11.1 Å².